The summed E-state index contributed by atoms with van der Waals surface area (Å²) < 4.78 is 2.20. The van der Waals surface area contributed by atoms with Crippen LogP contribution in [0.15, 0.2) is 36.7 Å². The topological polar surface area (TPSA) is 56.7 Å². The van der Waals surface area contributed by atoms with Crippen molar-refractivity contribution in [2.45, 2.75) is 44.2 Å². The molecule has 4 heteroatoms. The Morgan fingerprint density at radius 2 is 1.95 bits per heavy atom. The Labute approximate surface area is 113 Å². The maximum Gasteiger partial charge on any atom is 0.150 e. The highest BCUT2D eigenvalue weighted by Gasteiger charge is 2.22. The van der Waals surface area contributed by atoms with Gasteiger partial charge in [-0.1, -0.05) is 43.2 Å². The van der Waals surface area contributed by atoms with Gasteiger partial charge < -0.3 is 10.3 Å². The monoisotopic (exact) mass is 256 g/mol. The molecule has 1 aliphatic carbocycles. The second-order valence-electron chi connectivity index (χ2n) is 5.33. The van der Waals surface area contributed by atoms with Crippen molar-refractivity contribution in [1.82, 2.24) is 14.8 Å². The molecule has 19 heavy (non-hydrogen) atoms. The second-order valence-corrected chi connectivity index (χ2v) is 5.33. The molecule has 0 radical (unpaired) electrons. The maximum absolute atomic E-state index is 6.32. The summed E-state index contributed by atoms with van der Waals surface area (Å²) in [5.74, 6) is 0.927. The van der Waals surface area contributed by atoms with Gasteiger partial charge in [-0.2, -0.15) is 0 Å². The van der Waals surface area contributed by atoms with Gasteiger partial charge in [0, 0.05) is 6.04 Å². The molecule has 4 nitrogen and oxygen atoms in total. The number of nitrogens with two attached hydrogens (primary N) is 1. The fourth-order valence-electron chi connectivity index (χ4n) is 2.94. The van der Waals surface area contributed by atoms with Crippen molar-refractivity contribution < 1.29 is 0 Å². The van der Waals surface area contributed by atoms with E-state index in [1.54, 1.807) is 0 Å². The molecule has 0 amide bonds. The van der Waals surface area contributed by atoms with Crippen molar-refractivity contribution in [1.29, 1.82) is 0 Å². The fraction of sp³-hybridized carbons (Fsp3) is 0.467. The molecule has 0 spiro atoms. The molecule has 2 aromatic rings. The summed E-state index contributed by atoms with van der Waals surface area (Å²) in [7, 11) is 0. The predicted molar refractivity (Wildman–Crippen MR) is 74.6 cm³/mol. The van der Waals surface area contributed by atoms with Crippen molar-refractivity contribution in [3.63, 3.8) is 0 Å². The van der Waals surface area contributed by atoms with Crippen molar-refractivity contribution in [3.8, 4) is 0 Å². The van der Waals surface area contributed by atoms with Crippen LogP contribution in [0.3, 0.4) is 0 Å². The number of aromatic nitrogens is 3. The van der Waals surface area contributed by atoms with Crippen molar-refractivity contribution in [2.24, 2.45) is 5.73 Å². The van der Waals surface area contributed by atoms with Gasteiger partial charge in [0.15, 0.2) is 0 Å². The van der Waals surface area contributed by atoms with E-state index >= 15 is 0 Å². The SMILES string of the molecule is N[C@H](Cc1ccccc1)c1nncn1C1CCCC1. The number of rotatable bonds is 4. The number of nitrogens with zero attached hydrogens (tertiary/aromatic N) is 3. The molecule has 3 rings (SSSR count). The van der Waals surface area contributed by atoms with Crippen LogP contribution in [-0.2, 0) is 6.42 Å². The molecule has 0 saturated heterocycles. The van der Waals surface area contributed by atoms with Crippen LogP contribution in [0, 0.1) is 0 Å². The van der Waals surface area contributed by atoms with E-state index in [1.807, 2.05) is 24.5 Å². The molecule has 1 aromatic carbocycles. The van der Waals surface area contributed by atoms with E-state index in [4.69, 9.17) is 5.73 Å². The molecule has 1 atom stereocenters. The van der Waals surface area contributed by atoms with Crippen molar-refractivity contribution >= 4 is 0 Å². The molecular formula is C15H20N4. The minimum absolute atomic E-state index is 0.0782. The average molecular weight is 256 g/mol. The highest BCUT2D eigenvalue weighted by Crippen LogP contribution is 2.31. The lowest BCUT2D eigenvalue weighted by molar-refractivity contribution is 0.474. The van der Waals surface area contributed by atoms with Crippen molar-refractivity contribution in [3.05, 3.63) is 48.0 Å². The third-order valence-corrected chi connectivity index (χ3v) is 3.95. The highest BCUT2D eigenvalue weighted by atomic mass is 15.3. The molecular weight excluding hydrogens is 236 g/mol. The average Bonchev–Trinajstić information content (AvgIpc) is 3.10. The van der Waals surface area contributed by atoms with Gasteiger partial charge in [0.2, 0.25) is 0 Å². The van der Waals surface area contributed by atoms with Crippen LogP contribution in [0.25, 0.3) is 0 Å². The van der Waals surface area contributed by atoms with E-state index < -0.39 is 0 Å². The Kier molecular flexibility index (Phi) is 3.60. The molecule has 100 valence electrons. The van der Waals surface area contributed by atoms with Gasteiger partial charge in [-0.05, 0) is 24.8 Å². The number of hydrogen-bond donors (Lipinski definition) is 1. The Morgan fingerprint density at radius 1 is 1.21 bits per heavy atom. The summed E-state index contributed by atoms with van der Waals surface area (Å²) >= 11 is 0. The Balaban J connectivity index is 1.76. The Hall–Kier alpha value is -1.68. The predicted octanol–water partition coefficient (Wildman–Crippen LogP) is 2.64. The minimum Gasteiger partial charge on any atom is -0.321 e. The quantitative estimate of drug-likeness (QED) is 0.915. The lowest BCUT2D eigenvalue weighted by atomic mass is 10.1. The van der Waals surface area contributed by atoms with Gasteiger partial charge in [0.05, 0.1) is 6.04 Å². The van der Waals surface area contributed by atoms with Crippen LogP contribution in [0.2, 0.25) is 0 Å². The standard InChI is InChI=1S/C15H20N4/c16-14(10-12-6-2-1-3-7-12)15-18-17-11-19(15)13-8-4-5-9-13/h1-3,6-7,11,13-14H,4-5,8-10,16H2/t14-/m1/s1. The van der Waals surface area contributed by atoms with E-state index in [9.17, 15) is 0 Å². The summed E-state index contributed by atoms with van der Waals surface area (Å²) in [6.45, 7) is 0. The summed E-state index contributed by atoms with van der Waals surface area (Å²) in [5, 5.41) is 8.31. The van der Waals surface area contributed by atoms with E-state index in [0.717, 1.165) is 12.2 Å². The molecule has 1 aliphatic rings. The first kappa shape index (κ1) is 12.4. The number of benzene rings is 1. The van der Waals surface area contributed by atoms with Gasteiger partial charge in [-0.25, -0.2) is 0 Å². The van der Waals surface area contributed by atoms with E-state index in [-0.39, 0.29) is 6.04 Å². The summed E-state index contributed by atoms with van der Waals surface area (Å²) in [6, 6.07) is 10.8. The molecule has 1 fully saturated rings. The molecule has 0 unspecified atom stereocenters. The fourth-order valence-corrected chi connectivity index (χ4v) is 2.94. The van der Waals surface area contributed by atoms with E-state index in [2.05, 4.69) is 26.9 Å². The van der Waals surface area contributed by atoms with Crippen LogP contribution in [0.1, 0.15) is 49.2 Å². The zero-order valence-electron chi connectivity index (χ0n) is 11.1. The van der Waals surface area contributed by atoms with Crippen LogP contribution in [0.4, 0.5) is 0 Å². The molecule has 0 bridgehead atoms. The van der Waals surface area contributed by atoms with E-state index in [0.29, 0.717) is 6.04 Å². The van der Waals surface area contributed by atoms with Gasteiger partial charge in [0.25, 0.3) is 0 Å². The number of hydrogen-bond acceptors (Lipinski definition) is 3. The molecule has 1 aromatic heterocycles. The highest BCUT2D eigenvalue weighted by molar-refractivity contribution is 5.17. The normalized spacial score (nSPS) is 17.7. The summed E-state index contributed by atoms with van der Waals surface area (Å²) in [5.41, 5.74) is 7.56. The van der Waals surface area contributed by atoms with Gasteiger partial charge in [-0.15, -0.1) is 10.2 Å². The smallest absolute Gasteiger partial charge is 0.150 e. The van der Waals surface area contributed by atoms with Crippen molar-refractivity contribution in [2.75, 3.05) is 0 Å². The first-order valence-corrected chi connectivity index (χ1v) is 7.03. The van der Waals surface area contributed by atoms with Gasteiger partial charge >= 0.3 is 0 Å². The van der Waals surface area contributed by atoms with Crippen LogP contribution in [0.5, 0.6) is 0 Å². The largest absolute Gasteiger partial charge is 0.321 e. The summed E-state index contributed by atoms with van der Waals surface area (Å²) in [6.07, 6.45) is 7.71. The molecule has 1 saturated carbocycles. The first-order chi connectivity index (χ1) is 9.34. The second kappa shape index (κ2) is 5.53. The zero-order valence-corrected chi connectivity index (χ0v) is 11.1. The summed E-state index contributed by atoms with van der Waals surface area (Å²) in [4.78, 5) is 0. The minimum atomic E-state index is -0.0782. The zero-order chi connectivity index (χ0) is 13.1. The first-order valence-electron chi connectivity index (χ1n) is 7.03. The van der Waals surface area contributed by atoms with Gasteiger partial charge in [0.1, 0.15) is 12.2 Å². The van der Waals surface area contributed by atoms with Crippen LogP contribution in [-0.4, -0.2) is 14.8 Å². The van der Waals surface area contributed by atoms with Gasteiger partial charge in [-0.3, -0.25) is 0 Å². The van der Waals surface area contributed by atoms with E-state index in [1.165, 1.54) is 31.2 Å². The Morgan fingerprint density at radius 3 is 2.68 bits per heavy atom. The molecule has 1 heterocycles. The lowest BCUT2D eigenvalue weighted by Gasteiger charge is -2.17. The third kappa shape index (κ3) is 2.68. The molecule has 2 N–H and O–H groups in total. The van der Waals surface area contributed by atoms with Crippen LogP contribution >= 0.6 is 0 Å². The maximum atomic E-state index is 6.32. The Bertz CT molecular complexity index is 514. The lowest BCUT2D eigenvalue weighted by Crippen LogP contribution is -2.20. The molecule has 0 aliphatic heterocycles. The van der Waals surface area contributed by atoms with Crippen LogP contribution < -0.4 is 5.73 Å². The third-order valence-electron chi connectivity index (χ3n) is 3.95.